The van der Waals surface area contributed by atoms with Crippen LogP contribution >= 0.6 is 23.1 Å². The lowest BCUT2D eigenvalue weighted by Gasteiger charge is -2.29. The third kappa shape index (κ3) is 2.85. The summed E-state index contributed by atoms with van der Waals surface area (Å²) >= 11 is 2.94. The van der Waals surface area contributed by atoms with Crippen LogP contribution in [-0.4, -0.2) is 27.3 Å². The van der Waals surface area contributed by atoms with E-state index in [0.717, 1.165) is 16.1 Å². The SMILES string of the molecule is CCC(=O)N1c2ccccc2-c2nnc(SC)nc2O[C@@H]1c1cccs1. The Balaban J connectivity index is 1.97. The molecular weight excluding hydrogens is 368 g/mol. The second kappa shape index (κ2) is 7.05. The molecule has 3 heterocycles. The van der Waals surface area contributed by atoms with Crippen molar-refractivity contribution >= 4 is 34.7 Å². The number of ether oxygens (including phenoxy) is 1. The molecule has 0 spiro atoms. The molecule has 0 unspecified atom stereocenters. The van der Waals surface area contributed by atoms with Crippen molar-refractivity contribution in [3.05, 3.63) is 46.7 Å². The van der Waals surface area contributed by atoms with E-state index in [1.807, 2.05) is 55.0 Å². The summed E-state index contributed by atoms with van der Waals surface area (Å²) < 4.78 is 6.25. The smallest absolute Gasteiger partial charge is 0.247 e. The van der Waals surface area contributed by atoms with Gasteiger partial charge in [-0.25, -0.2) is 0 Å². The first-order chi connectivity index (χ1) is 12.7. The van der Waals surface area contributed by atoms with Crippen molar-refractivity contribution in [2.24, 2.45) is 0 Å². The van der Waals surface area contributed by atoms with Crippen LogP contribution in [0, 0.1) is 0 Å². The van der Waals surface area contributed by atoms with Gasteiger partial charge in [0.15, 0.2) is 5.69 Å². The summed E-state index contributed by atoms with van der Waals surface area (Å²) in [6.45, 7) is 1.85. The van der Waals surface area contributed by atoms with E-state index in [-0.39, 0.29) is 5.91 Å². The van der Waals surface area contributed by atoms with Gasteiger partial charge in [0.2, 0.25) is 23.2 Å². The molecule has 3 aromatic rings. The molecule has 1 aliphatic rings. The number of anilines is 1. The van der Waals surface area contributed by atoms with Crippen molar-refractivity contribution in [1.29, 1.82) is 0 Å². The summed E-state index contributed by atoms with van der Waals surface area (Å²) in [5, 5.41) is 11.0. The van der Waals surface area contributed by atoms with Gasteiger partial charge in [-0.2, -0.15) is 4.98 Å². The third-order valence-electron chi connectivity index (χ3n) is 4.05. The maximum atomic E-state index is 12.9. The van der Waals surface area contributed by atoms with Crippen LogP contribution in [0.4, 0.5) is 5.69 Å². The van der Waals surface area contributed by atoms with Gasteiger partial charge in [-0.3, -0.25) is 9.69 Å². The monoisotopic (exact) mass is 384 g/mol. The fourth-order valence-corrected chi connectivity index (χ4v) is 3.89. The maximum Gasteiger partial charge on any atom is 0.247 e. The first kappa shape index (κ1) is 17.0. The minimum Gasteiger partial charge on any atom is -0.446 e. The van der Waals surface area contributed by atoms with E-state index >= 15 is 0 Å². The highest BCUT2D eigenvalue weighted by molar-refractivity contribution is 7.98. The number of thioether (sulfide) groups is 1. The van der Waals surface area contributed by atoms with E-state index in [1.165, 1.54) is 11.8 Å². The number of hydrogen-bond donors (Lipinski definition) is 0. The Morgan fingerprint density at radius 2 is 2.12 bits per heavy atom. The number of carbonyl (C=O) groups is 1. The van der Waals surface area contributed by atoms with Crippen LogP contribution in [0.5, 0.6) is 5.88 Å². The number of para-hydroxylation sites is 1. The highest BCUT2D eigenvalue weighted by atomic mass is 32.2. The van der Waals surface area contributed by atoms with Gasteiger partial charge >= 0.3 is 0 Å². The number of aromatic nitrogens is 3. The largest absolute Gasteiger partial charge is 0.446 e. The molecule has 132 valence electrons. The van der Waals surface area contributed by atoms with Crippen molar-refractivity contribution in [3.63, 3.8) is 0 Å². The molecule has 1 aliphatic heterocycles. The lowest BCUT2D eigenvalue weighted by molar-refractivity contribution is -0.120. The summed E-state index contributed by atoms with van der Waals surface area (Å²) in [5.41, 5.74) is 2.09. The van der Waals surface area contributed by atoms with Gasteiger partial charge in [0.1, 0.15) is 0 Å². The maximum absolute atomic E-state index is 12.9. The average Bonchev–Trinajstić information content (AvgIpc) is 3.17. The molecule has 1 aromatic carbocycles. The van der Waals surface area contributed by atoms with Crippen LogP contribution in [0.15, 0.2) is 46.9 Å². The quantitative estimate of drug-likeness (QED) is 0.632. The first-order valence-corrected chi connectivity index (χ1v) is 10.2. The van der Waals surface area contributed by atoms with Crippen LogP contribution in [0.3, 0.4) is 0 Å². The Kier molecular flexibility index (Phi) is 4.60. The van der Waals surface area contributed by atoms with E-state index in [4.69, 9.17) is 4.74 Å². The Labute approximate surface area is 159 Å². The van der Waals surface area contributed by atoms with Gasteiger partial charge in [0, 0.05) is 12.0 Å². The van der Waals surface area contributed by atoms with E-state index in [2.05, 4.69) is 15.2 Å². The summed E-state index contributed by atoms with van der Waals surface area (Å²) in [5.74, 6) is 0.364. The zero-order valence-corrected chi connectivity index (χ0v) is 15.9. The average molecular weight is 384 g/mol. The Morgan fingerprint density at radius 3 is 2.85 bits per heavy atom. The number of fused-ring (bicyclic) bond motifs is 3. The molecule has 26 heavy (non-hydrogen) atoms. The topological polar surface area (TPSA) is 68.2 Å². The molecule has 4 rings (SSSR count). The Bertz CT molecular complexity index is 946. The van der Waals surface area contributed by atoms with Gasteiger partial charge in [-0.1, -0.05) is 43.0 Å². The second-order valence-corrected chi connectivity index (χ2v) is 7.33. The van der Waals surface area contributed by atoms with Gasteiger partial charge in [0.25, 0.3) is 0 Å². The van der Waals surface area contributed by atoms with Crippen molar-refractivity contribution in [1.82, 2.24) is 15.2 Å². The number of carbonyl (C=O) groups excluding carboxylic acids is 1. The van der Waals surface area contributed by atoms with Gasteiger partial charge in [0.05, 0.1) is 10.6 Å². The molecule has 0 bridgehead atoms. The lowest BCUT2D eigenvalue weighted by atomic mass is 10.1. The Hall–Kier alpha value is -2.45. The highest BCUT2D eigenvalue weighted by Gasteiger charge is 2.35. The molecule has 0 radical (unpaired) electrons. The fourth-order valence-electron chi connectivity index (χ4n) is 2.86. The minimum atomic E-state index is -0.587. The minimum absolute atomic E-state index is 0.0262. The van der Waals surface area contributed by atoms with Crippen molar-refractivity contribution in [3.8, 4) is 17.1 Å². The lowest BCUT2D eigenvalue weighted by Crippen LogP contribution is -2.36. The van der Waals surface area contributed by atoms with Crippen LogP contribution in [0.25, 0.3) is 11.3 Å². The predicted octanol–water partition coefficient (Wildman–Crippen LogP) is 4.16. The molecule has 8 heteroatoms. The summed E-state index contributed by atoms with van der Waals surface area (Å²) in [7, 11) is 0. The van der Waals surface area contributed by atoms with E-state index in [0.29, 0.717) is 23.2 Å². The number of thiophene rings is 1. The van der Waals surface area contributed by atoms with Crippen molar-refractivity contribution < 1.29 is 9.53 Å². The third-order valence-corrected chi connectivity index (χ3v) is 5.49. The summed E-state index contributed by atoms with van der Waals surface area (Å²) in [4.78, 5) is 20.0. The summed E-state index contributed by atoms with van der Waals surface area (Å²) in [6.07, 6.45) is 1.67. The normalized spacial score (nSPS) is 15.6. The van der Waals surface area contributed by atoms with Crippen LogP contribution in [0.1, 0.15) is 24.4 Å². The van der Waals surface area contributed by atoms with Crippen molar-refractivity contribution in [2.45, 2.75) is 24.7 Å². The molecule has 1 amide bonds. The van der Waals surface area contributed by atoms with Crippen LogP contribution < -0.4 is 9.64 Å². The zero-order chi connectivity index (χ0) is 18.1. The molecule has 0 saturated heterocycles. The molecule has 1 atom stereocenters. The zero-order valence-electron chi connectivity index (χ0n) is 14.2. The molecule has 0 saturated carbocycles. The van der Waals surface area contributed by atoms with E-state index in [9.17, 15) is 4.79 Å². The number of benzene rings is 1. The molecule has 0 aliphatic carbocycles. The number of rotatable bonds is 3. The first-order valence-electron chi connectivity index (χ1n) is 8.13. The molecule has 0 fully saturated rings. The van der Waals surface area contributed by atoms with Crippen molar-refractivity contribution in [2.75, 3.05) is 11.2 Å². The Morgan fingerprint density at radius 1 is 1.27 bits per heavy atom. The van der Waals surface area contributed by atoms with E-state index < -0.39 is 6.23 Å². The fraction of sp³-hybridized carbons (Fsp3) is 0.222. The van der Waals surface area contributed by atoms with Gasteiger partial charge in [-0.15, -0.1) is 21.5 Å². The predicted molar refractivity (Wildman–Crippen MR) is 103 cm³/mol. The molecule has 2 aromatic heterocycles. The molecular formula is C18H16N4O2S2. The van der Waals surface area contributed by atoms with Gasteiger partial charge < -0.3 is 4.74 Å². The van der Waals surface area contributed by atoms with Crippen LogP contribution in [-0.2, 0) is 4.79 Å². The number of hydrogen-bond acceptors (Lipinski definition) is 7. The molecule has 6 nitrogen and oxygen atoms in total. The van der Waals surface area contributed by atoms with E-state index in [1.54, 1.807) is 16.2 Å². The summed E-state index contributed by atoms with van der Waals surface area (Å²) in [6, 6.07) is 11.5. The number of nitrogens with zero attached hydrogens (tertiary/aromatic N) is 4. The second-order valence-electron chi connectivity index (χ2n) is 5.57. The molecule has 0 N–H and O–H groups in total. The number of amides is 1. The standard InChI is InChI=1S/C18H16N4O2S2/c1-3-14(23)22-12-8-5-4-7-11(12)15-16(19-18(25-2)21-20-15)24-17(22)13-9-6-10-26-13/h4-10,17H,3H2,1-2H3/t17-/m1/s1. The van der Waals surface area contributed by atoms with Crippen LogP contribution in [0.2, 0.25) is 0 Å². The van der Waals surface area contributed by atoms with Gasteiger partial charge in [-0.05, 0) is 23.8 Å². The highest BCUT2D eigenvalue weighted by Crippen LogP contribution is 2.44.